The average Bonchev–Trinajstić information content (AvgIpc) is 2.93. The third-order valence-electron chi connectivity index (χ3n) is 3.32. The number of carbonyl (C=O) groups is 1. The minimum Gasteiger partial charge on any atom is -0.321 e. The summed E-state index contributed by atoms with van der Waals surface area (Å²) in [4.78, 5) is 12.3. The van der Waals surface area contributed by atoms with Gasteiger partial charge in [-0.15, -0.1) is 11.6 Å². The van der Waals surface area contributed by atoms with E-state index in [1.54, 1.807) is 4.68 Å². The Balaban J connectivity index is 2.11. The molecule has 0 saturated heterocycles. The number of amides is 1. The summed E-state index contributed by atoms with van der Waals surface area (Å²) in [5.41, 5.74) is 3.47. The topological polar surface area (TPSA) is 46.9 Å². The lowest BCUT2D eigenvalue weighted by Crippen LogP contribution is -2.17. The highest BCUT2D eigenvalue weighted by molar-refractivity contribution is 6.18. The Kier molecular flexibility index (Phi) is 5.39. The summed E-state index contributed by atoms with van der Waals surface area (Å²) >= 11 is 5.71. The fraction of sp³-hybridized carbons (Fsp3) is 0.375. The molecule has 112 valence electrons. The van der Waals surface area contributed by atoms with Gasteiger partial charge in [-0.25, -0.2) is 0 Å². The highest BCUT2D eigenvalue weighted by Crippen LogP contribution is 2.13. The first-order chi connectivity index (χ1) is 10.2. The summed E-state index contributed by atoms with van der Waals surface area (Å²) in [6, 6.07) is 9.60. The molecule has 1 aromatic carbocycles. The minimum absolute atomic E-state index is 0.130. The highest BCUT2D eigenvalue weighted by Gasteiger charge is 2.14. The van der Waals surface area contributed by atoms with Gasteiger partial charge in [0.2, 0.25) is 0 Å². The van der Waals surface area contributed by atoms with E-state index in [2.05, 4.69) is 10.4 Å². The van der Waals surface area contributed by atoms with E-state index in [1.165, 1.54) is 0 Å². The second-order valence-electron chi connectivity index (χ2n) is 4.78. The van der Waals surface area contributed by atoms with Crippen molar-refractivity contribution in [2.45, 2.75) is 33.2 Å². The summed E-state index contributed by atoms with van der Waals surface area (Å²) in [6.07, 6.45) is 1.65. The number of carbonyl (C=O) groups excluding carboxylic acids is 1. The van der Waals surface area contributed by atoms with E-state index in [0.29, 0.717) is 18.1 Å². The first-order valence-corrected chi connectivity index (χ1v) is 7.74. The number of anilines is 1. The number of aryl methyl sites for hydroxylation is 3. The number of nitrogens with one attached hydrogen (secondary N) is 1. The summed E-state index contributed by atoms with van der Waals surface area (Å²) in [6.45, 7) is 4.68. The Morgan fingerprint density at radius 2 is 2.00 bits per heavy atom. The molecule has 0 fully saturated rings. The van der Waals surface area contributed by atoms with Crippen LogP contribution in [0.4, 0.5) is 5.69 Å². The fourth-order valence-corrected chi connectivity index (χ4v) is 2.34. The number of aromatic nitrogens is 2. The maximum atomic E-state index is 12.3. The quantitative estimate of drug-likeness (QED) is 0.830. The molecular formula is C16H20ClN3O. The molecule has 2 aromatic rings. The van der Waals surface area contributed by atoms with E-state index in [9.17, 15) is 4.79 Å². The van der Waals surface area contributed by atoms with E-state index < -0.39 is 0 Å². The smallest absolute Gasteiger partial charge is 0.273 e. The van der Waals surface area contributed by atoms with Gasteiger partial charge in [-0.05, 0) is 43.5 Å². The van der Waals surface area contributed by atoms with Gasteiger partial charge < -0.3 is 5.32 Å². The zero-order valence-electron chi connectivity index (χ0n) is 12.4. The number of halogens is 1. The first-order valence-electron chi connectivity index (χ1n) is 7.20. The Bertz CT molecular complexity index is 604. The van der Waals surface area contributed by atoms with Crippen LogP contribution in [0.25, 0.3) is 0 Å². The van der Waals surface area contributed by atoms with Crippen LogP contribution in [-0.2, 0) is 19.4 Å². The summed E-state index contributed by atoms with van der Waals surface area (Å²) in [5.74, 6) is 0.468. The third kappa shape index (κ3) is 3.85. The largest absolute Gasteiger partial charge is 0.321 e. The van der Waals surface area contributed by atoms with Crippen molar-refractivity contribution in [1.82, 2.24) is 9.78 Å². The number of hydrogen-bond acceptors (Lipinski definition) is 2. The number of alkyl halides is 1. The predicted octanol–water partition coefficient (Wildman–Crippen LogP) is 3.50. The van der Waals surface area contributed by atoms with Crippen molar-refractivity contribution in [3.63, 3.8) is 0 Å². The van der Waals surface area contributed by atoms with E-state index in [-0.39, 0.29) is 5.91 Å². The van der Waals surface area contributed by atoms with Gasteiger partial charge in [0.1, 0.15) is 5.69 Å². The molecule has 0 atom stereocenters. The molecule has 0 aliphatic heterocycles. The van der Waals surface area contributed by atoms with E-state index in [0.717, 1.165) is 29.8 Å². The van der Waals surface area contributed by atoms with E-state index >= 15 is 0 Å². The van der Waals surface area contributed by atoms with E-state index in [4.69, 9.17) is 11.6 Å². The molecule has 1 heterocycles. The van der Waals surface area contributed by atoms with Crippen molar-refractivity contribution in [3.8, 4) is 0 Å². The molecule has 1 amide bonds. The molecule has 21 heavy (non-hydrogen) atoms. The zero-order chi connectivity index (χ0) is 15.2. The lowest BCUT2D eigenvalue weighted by molar-refractivity contribution is 0.101. The summed E-state index contributed by atoms with van der Waals surface area (Å²) in [7, 11) is 0. The lowest BCUT2D eigenvalue weighted by atomic mass is 10.1. The van der Waals surface area contributed by atoms with Crippen LogP contribution in [0.5, 0.6) is 0 Å². The molecule has 0 aliphatic carbocycles. The van der Waals surface area contributed by atoms with Crippen LogP contribution in [0.2, 0.25) is 0 Å². The van der Waals surface area contributed by atoms with Gasteiger partial charge in [0.25, 0.3) is 5.91 Å². The van der Waals surface area contributed by atoms with Crippen LogP contribution < -0.4 is 5.32 Å². The molecule has 0 aliphatic rings. The Morgan fingerprint density at radius 1 is 1.29 bits per heavy atom. The molecule has 1 aromatic heterocycles. The molecule has 1 N–H and O–H groups in total. The van der Waals surface area contributed by atoms with Gasteiger partial charge in [-0.1, -0.05) is 19.1 Å². The van der Waals surface area contributed by atoms with Crippen molar-refractivity contribution in [3.05, 3.63) is 47.3 Å². The summed E-state index contributed by atoms with van der Waals surface area (Å²) in [5, 5.41) is 7.30. The van der Waals surface area contributed by atoms with Crippen LogP contribution in [0.15, 0.2) is 30.3 Å². The molecule has 0 saturated carbocycles. The van der Waals surface area contributed by atoms with Crippen molar-refractivity contribution >= 4 is 23.2 Å². The molecule has 5 heteroatoms. The van der Waals surface area contributed by atoms with Gasteiger partial charge in [0.05, 0.1) is 5.69 Å². The zero-order valence-corrected chi connectivity index (χ0v) is 13.2. The highest BCUT2D eigenvalue weighted by atomic mass is 35.5. The molecule has 4 nitrogen and oxygen atoms in total. The lowest BCUT2D eigenvalue weighted by Gasteiger charge is -2.07. The number of rotatable bonds is 6. The second-order valence-corrected chi connectivity index (χ2v) is 5.16. The van der Waals surface area contributed by atoms with E-state index in [1.807, 2.05) is 44.2 Å². The van der Waals surface area contributed by atoms with Gasteiger partial charge in [-0.2, -0.15) is 5.10 Å². The first kappa shape index (κ1) is 15.6. The third-order valence-corrected chi connectivity index (χ3v) is 3.51. The molecule has 0 unspecified atom stereocenters. The number of nitrogens with zero attached hydrogens (tertiary/aromatic N) is 2. The number of hydrogen-bond donors (Lipinski definition) is 1. The van der Waals surface area contributed by atoms with Crippen LogP contribution in [0, 0.1) is 0 Å². The second kappa shape index (κ2) is 7.27. The SMILES string of the molecule is CCc1cc(C(=O)Nc2ccc(CCCl)cc2)n(CC)n1. The van der Waals surface area contributed by atoms with Crippen LogP contribution >= 0.6 is 11.6 Å². The van der Waals surface area contributed by atoms with Gasteiger partial charge in [-0.3, -0.25) is 9.48 Å². The monoisotopic (exact) mass is 305 g/mol. The van der Waals surface area contributed by atoms with Gasteiger partial charge >= 0.3 is 0 Å². The standard InChI is InChI=1S/C16H20ClN3O/c1-3-13-11-15(20(4-2)19-13)16(21)18-14-7-5-12(6-8-14)9-10-17/h5-8,11H,3-4,9-10H2,1-2H3,(H,18,21). The summed E-state index contributed by atoms with van der Waals surface area (Å²) < 4.78 is 1.73. The maximum Gasteiger partial charge on any atom is 0.273 e. The predicted molar refractivity (Wildman–Crippen MR) is 86.1 cm³/mol. The Morgan fingerprint density at radius 3 is 2.57 bits per heavy atom. The normalized spacial score (nSPS) is 10.6. The van der Waals surface area contributed by atoms with Crippen molar-refractivity contribution in [2.24, 2.45) is 0 Å². The van der Waals surface area contributed by atoms with Gasteiger partial charge in [0.15, 0.2) is 0 Å². The van der Waals surface area contributed by atoms with Crippen LogP contribution in [0.3, 0.4) is 0 Å². The number of benzene rings is 1. The fourth-order valence-electron chi connectivity index (χ4n) is 2.13. The molecule has 0 bridgehead atoms. The Labute approximate surface area is 130 Å². The van der Waals surface area contributed by atoms with Gasteiger partial charge in [0, 0.05) is 18.1 Å². The van der Waals surface area contributed by atoms with Crippen LogP contribution in [0.1, 0.15) is 35.6 Å². The molecule has 0 radical (unpaired) electrons. The minimum atomic E-state index is -0.130. The van der Waals surface area contributed by atoms with Crippen molar-refractivity contribution < 1.29 is 4.79 Å². The van der Waals surface area contributed by atoms with Crippen molar-refractivity contribution in [1.29, 1.82) is 0 Å². The van der Waals surface area contributed by atoms with Crippen molar-refractivity contribution in [2.75, 3.05) is 11.2 Å². The average molecular weight is 306 g/mol. The Hall–Kier alpha value is -1.81. The molecule has 0 spiro atoms. The molecular weight excluding hydrogens is 286 g/mol. The maximum absolute atomic E-state index is 12.3. The van der Waals surface area contributed by atoms with Crippen LogP contribution in [-0.4, -0.2) is 21.6 Å². The molecule has 2 rings (SSSR count).